The molecule has 59 heavy (non-hydrogen) atoms. The lowest BCUT2D eigenvalue weighted by Crippen LogP contribution is -2.59. The third-order valence-corrected chi connectivity index (χ3v) is 9.94. The quantitative estimate of drug-likeness (QED) is 0.0176. The Kier molecular flexibility index (Phi) is 23.2. The Bertz CT molecular complexity index is 1610. The molecule has 1 aliphatic rings. The summed E-state index contributed by atoms with van der Waals surface area (Å²) < 4.78 is 0. The van der Waals surface area contributed by atoms with Crippen LogP contribution in [0.3, 0.4) is 0 Å². The maximum absolute atomic E-state index is 14.0. The molecule has 2 rings (SSSR count). The van der Waals surface area contributed by atoms with Crippen molar-refractivity contribution in [2.24, 2.45) is 32.9 Å². The summed E-state index contributed by atoms with van der Waals surface area (Å²) in [7, 11) is 0. The zero-order chi connectivity index (χ0) is 43.7. The summed E-state index contributed by atoms with van der Waals surface area (Å²) in [6.45, 7) is 0.557. The van der Waals surface area contributed by atoms with Crippen molar-refractivity contribution in [3.8, 4) is 0 Å². The van der Waals surface area contributed by atoms with Crippen LogP contribution in [0.5, 0.6) is 0 Å². The van der Waals surface area contributed by atoms with Crippen molar-refractivity contribution in [3.63, 3.8) is 0 Å². The lowest BCUT2D eigenvalue weighted by Gasteiger charge is -2.27. The lowest BCUT2D eigenvalue weighted by molar-refractivity contribution is -0.142. The van der Waals surface area contributed by atoms with E-state index in [1.54, 1.807) is 36.6 Å². The van der Waals surface area contributed by atoms with Gasteiger partial charge in [-0.15, -0.1) is 0 Å². The predicted octanol–water partition coefficient (Wildman–Crippen LogP) is -3.60. The maximum atomic E-state index is 14.0. The van der Waals surface area contributed by atoms with Crippen LogP contribution < -0.4 is 60.2 Å². The fourth-order valence-electron chi connectivity index (χ4n) is 5.82. The Morgan fingerprint density at radius 3 is 1.83 bits per heavy atom. The number of aliphatic imine (C=N–C) groups is 2. The minimum atomic E-state index is -1.30. The van der Waals surface area contributed by atoms with Crippen LogP contribution in [-0.2, 0) is 40.0 Å². The van der Waals surface area contributed by atoms with Gasteiger partial charge in [-0.25, -0.2) is 4.79 Å². The van der Waals surface area contributed by atoms with E-state index in [9.17, 15) is 38.7 Å². The highest BCUT2D eigenvalue weighted by molar-refractivity contribution is 7.98. The van der Waals surface area contributed by atoms with Crippen molar-refractivity contribution < 1.29 is 38.7 Å². The summed E-state index contributed by atoms with van der Waals surface area (Å²) in [6.07, 6.45) is 3.85. The number of thioether (sulfide) groups is 1. The molecule has 0 saturated carbocycles. The number of nitrogens with two attached hydrogens (primary N) is 4. The highest BCUT2D eigenvalue weighted by atomic mass is 32.2. The molecule has 0 bridgehead atoms. The molecule has 1 aromatic carbocycles. The van der Waals surface area contributed by atoms with E-state index in [4.69, 9.17) is 22.9 Å². The molecular formula is C36H59N13O8S2. The van der Waals surface area contributed by atoms with Crippen LogP contribution in [-0.4, -0.2) is 139 Å². The van der Waals surface area contributed by atoms with Gasteiger partial charge in [-0.3, -0.25) is 38.8 Å². The number of nitrogens with one attached hydrogen (secondary N) is 7. The molecular weight excluding hydrogens is 807 g/mol. The van der Waals surface area contributed by atoms with Gasteiger partial charge in [-0.1, -0.05) is 30.3 Å². The molecule has 1 aromatic rings. The Labute approximate surface area is 353 Å². The third kappa shape index (κ3) is 19.8. The highest BCUT2D eigenvalue weighted by Crippen LogP contribution is 2.10. The molecule has 1 fully saturated rings. The number of hydrogen-bond acceptors (Lipinski definition) is 12. The zero-order valence-electron chi connectivity index (χ0n) is 33.1. The number of thiol groups is 1. The summed E-state index contributed by atoms with van der Waals surface area (Å²) >= 11 is 5.62. The van der Waals surface area contributed by atoms with E-state index in [0.717, 1.165) is 6.42 Å². The molecule has 16 N–H and O–H groups in total. The smallest absolute Gasteiger partial charge is 0.326 e. The van der Waals surface area contributed by atoms with E-state index < -0.39 is 71.8 Å². The van der Waals surface area contributed by atoms with Crippen molar-refractivity contribution >= 4 is 77.7 Å². The van der Waals surface area contributed by atoms with Crippen LogP contribution in [0.1, 0.15) is 50.5 Å². The largest absolute Gasteiger partial charge is 0.480 e. The van der Waals surface area contributed by atoms with E-state index in [1.165, 1.54) is 11.8 Å². The highest BCUT2D eigenvalue weighted by Gasteiger charge is 2.32. The molecule has 0 radical (unpaired) electrons. The molecule has 6 amide bonds. The second-order valence-corrected chi connectivity index (χ2v) is 15.0. The van der Waals surface area contributed by atoms with Gasteiger partial charge >= 0.3 is 5.97 Å². The number of nitrogens with zero attached hydrogens (tertiary/aromatic N) is 2. The first-order valence-corrected chi connectivity index (χ1v) is 21.2. The molecule has 0 aromatic heterocycles. The van der Waals surface area contributed by atoms with Crippen molar-refractivity contribution in [1.82, 2.24) is 37.2 Å². The fourth-order valence-corrected chi connectivity index (χ4v) is 6.55. The lowest BCUT2D eigenvalue weighted by atomic mass is 10.0. The molecule has 21 nitrogen and oxygen atoms in total. The molecule has 23 heteroatoms. The minimum Gasteiger partial charge on any atom is -0.480 e. The van der Waals surface area contributed by atoms with Gasteiger partial charge in [0.25, 0.3) is 0 Å². The number of benzene rings is 1. The van der Waals surface area contributed by atoms with Crippen LogP contribution in [0.25, 0.3) is 0 Å². The molecule has 6 atom stereocenters. The van der Waals surface area contributed by atoms with Crippen LogP contribution in [0.15, 0.2) is 40.3 Å². The van der Waals surface area contributed by atoms with Gasteiger partial charge in [-0.2, -0.15) is 24.4 Å². The first-order chi connectivity index (χ1) is 28.1. The van der Waals surface area contributed by atoms with Gasteiger partial charge in [0.05, 0.1) is 12.6 Å². The van der Waals surface area contributed by atoms with Gasteiger partial charge in [0.2, 0.25) is 35.4 Å². The van der Waals surface area contributed by atoms with Crippen LogP contribution >= 0.6 is 24.4 Å². The molecule has 328 valence electrons. The van der Waals surface area contributed by atoms with E-state index in [-0.39, 0.29) is 81.7 Å². The SMILES string of the molecule is CSCC[C@H](NC(=O)[C@H](CCCN=C(N)N)NC(=O)[C@H](Cc1ccccc1)NC(=O)[C@H](CS)NC(=O)CNC(=O)[C@@H]1CCCN1)C(=O)N[C@@H](CCCN=C(N)N)C(=O)O. The number of carboxylic acids is 1. The Hall–Kier alpha value is -5.29. The maximum Gasteiger partial charge on any atom is 0.326 e. The van der Waals surface area contributed by atoms with Crippen LogP contribution in [0.4, 0.5) is 0 Å². The molecule has 0 unspecified atom stereocenters. The minimum absolute atomic E-state index is 0.00279. The number of carbonyl (C=O) groups excluding carboxylic acids is 6. The van der Waals surface area contributed by atoms with Gasteiger partial charge in [-0.05, 0) is 69.1 Å². The molecule has 1 aliphatic heterocycles. The normalized spacial score (nSPS) is 15.8. The Morgan fingerprint density at radius 2 is 1.31 bits per heavy atom. The number of carbonyl (C=O) groups is 7. The number of aliphatic carboxylic acids is 1. The third-order valence-electron chi connectivity index (χ3n) is 8.93. The molecule has 0 aliphatic carbocycles. The number of amides is 6. The van der Waals surface area contributed by atoms with E-state index in [0.29, 0.717) is 24.3 Å². The van der Waals surface area contributed by atoms with Gasteiger partial charge < -0.3 is 65.3 Å². The van der Waals surface area contributed by atoms with Crippen LogP contribution in [0, 0.1) is 0 Å². The van der Waals surface area contributed by atoms with Crippen molar-refractivity contribution in [2.75, 3.05) is 43.9 Å². The average molecular weight is 866 g/mol. The number of hydrogen-bond donors (Lipinski definition) is 13. The second kappa shape index (κ2) is 27.4. The molecule has 0 spiro atoms. The summed E-state index contributed by atoms with van der Waals surface area (Å²) in [5.74, 6) is -5.37. The standard InChI is InChI=1S/C36H59N13O8S2/c1-59-17-13-24(31(53)48-25(34(56)57)12-7-16-43-36(39)40)47-30(52)23(11-6-15-42-35(37)38)46-32(54)26(18-21-8-3-2-4-9-21)49-33(55)27(20-58)45-28(50)19-44-29(51)22-10-5-14-41-22/h2-4,8-9,22-27,41,58H,5-7,10-20H2,1H3,(H,44,51)(H,45,50)(H,46,54)(H,47,52)(H,48,53)(H,49,55)(H,56,57)(H4,37,38,42)(H4,39,40,43)/t22-,23-,24-,25-,26-,27-/m0/s1. The van der Waals surface area contributed by atoms with E-state index in [2.05, 4.69) is 59.8 Å². The van der Waals surface area contributed by atoms with Gasteiger partial charge in [0, 0.05) is 25.3 Å². The summed E-state index contributed by atoms with van der Waals surface area (Å²) in [6, 6.07) is 2.12. The zero-order valence-corrected chi connectivity index (χ0v) is 34.8. The summed E-state index contributed by atoms with van der Waals surface area (Å²) in [5.41, 5.74) is 22.3. The monoisotopic (exact) mass is 865 g/mol. The topological polar surface area (TPSA) is 353 Å². The second-order valence-electron chi connectivity index (χ2n) is 13.6. The number of guanidine groups is 2. The van der Waals surface area contributed by atoms with Crippen molar-refractivity contribution in [3.05, 3.63) is 35.9 Å². The van der Waals surface area contributed by atoms with Crippen molar-refractivity contribution in [2.45, 2.75) is 87.6 Å². The fraction of sp³-hybridized carbons (Fsp3) is 0.583. The van der Waals surface area contributed by atoms with E-state index in [1.807, 2.05) is 0 Å². The average Bonchev–Trinajstić information content (AvgIpc) is 3.75. The van der Waals surface area contributed by atoms with Gasteiger partial charge in [0.1, 0.15) is 30.2 Å². The number of rotatable bonds is 27. The first-order valence-electron chi connectivity index (χ1n) is 19.1. The summed E-state index contributed by atoms with van der Waals surface area (Å²) in [4.78, 5) is 99.8. The molecule has 1 saturated heterocycles. The van der Waals surface area contributed by atoms with E-state index >= 15 is 0 Å². The predicted molar refractivity (Wildman–Crippen MR) is 228 cm³/mol. The van der Waals surface area contributed by atoms with Gasteiger partial charge in [0.15, 0.2) is 11.9 Å². The van der Waals surface area contributed by atoms with Crippen LogP contribution in [0.2, 0.25) is 0 Å². The molecule has 1 heterocycles. The number of carboxylic acid groups (broad SMARTS) is 1. The van der Waals surface area contributed by atoms with Crippen molar-refractivity contribution in [1.29, 1.82) is 0 Å². The first kappa shape index (κ1) is 49.9. The Balaban J connectivity index is 2.28. The Morgan fingerprint density at radius 1 is 0.780 bits per heavy atom. The summed E-state index contributed by atoms with van der Waals surface area (Å²) in [5, 5.41) is 28.4.